The second-order valence-corrected chi connectivity index (χ2v) is 41.6. The standard InChI is InChI=1S/C23H34N2O6.C23H34N2O4.3C17H24N2O5/c1-21(2)11-12-24-18-14(21)7-6-8-15(18)25(20(29)19(24)28)13-17(27)23(5,31)10-9-16(26)22(3,4)30;1-15(9-10-18(26)23(4,5)29)11-13-24-17-8-6-7-16-19(17)25(21(28)20(24)27)14-12-22(16,2)3;3*1-17(2)6-7-18-14-10(17)4-3-5-11(14)19(16(18)24)8-12(21)15(23)13(22)9-20/h6-8,16-17,26-27,30-31H,9-13H2,1-5H3;6-8,15,18,26,29H,9-14H2,1-5H3;3*3-5,12-13,15,20-23H,6-9H2,1-2H3/t;15-,18?;12-,13+,15+;12-,13+,15-;12-,13-,15+/m.1001/s1. The molecule has 0 aliphatic carbocycles. The molecule has 0 saturated heterocycles. The molecule has 15 rings (SSSR count). The molecule has 35 heteroatoms. The van der Waals surface area contributed by atoms with Crippen molar-refractivity contribution in [2.24, 2.45) is 5.92 Å². The monoisotopic (exact) mass is 1840 g/mol. The summed E-state index contributed by atoms with van der Waals surface area (Å²) in [6, 6.07) is 28.7. The normalized spacial score (nSPS) is 19.6. The predicted octanol–water partition coefficient (Wildman–Crippen LogP) is 2.33. The molecule has 4 unspecified atom stereocenters. The number of rotatable bonds is 29. The molecule has 14 atom stereocenters. The van der Waals surface area contributed by atoms with Gasteiger partial charge in [-0.2, -0.15) is 0 Å². The van der Waals surface area contributed by atoms with E-state index >= 15 is 0 Å². The van der Waals surface area contributed by atoms with Gasteiger partial charge in [-0.15, -0.1) is 0 Å². The summed E-state index contributed by atoms with van der Waals surface area (Å²) in [5.41, 5.74) is 5.61. The lowest BCUT2D eigenvalue weighted by Gasteiger charge is -2.35. The summed E-state index contributed by atoms with van der Waals surface area (Å²) in [5.74, 6) is 0.254. The Balaban J connectivity index is 0.000000160. The van der Waals surface area contributed by atoms with Crippen LogP contribution in [0.15, 0.2) is 125 Å². The SMILES string of the molecule is CC1(C)CCn2c(=O)c(=O)n(CC(O)C(C)(O)CCC(O)C(C)(C)O)c3cccc1c32.CC1(C)CCn2c(=O)n(C[C@@H](O)[C@H](O)[C@H](O)CO)c3cccc1c32.CC1(C)CCn2c(=O)n(C[C@H](O)[C@@H](O)[C@H](O)CO)c3cccc1c32.CC1(C)CCn2c(=O)n(C[C@H](O)[C@H](O)[C@H](O)CO)c3cccc1c32.C[C@H](CCC(O)C(C)(C)O)CCn1c(=O)c(=O)n2c3c(cccc31)C(C)(C)CC2. The van der Waals surface area contributed by atoms with Crippen molar-refractivity contribution in [3.05, 3.63) is 192 Å². The summed E-state index contributed by atoms with van der Waals surface area (Å²) in [6.07, 6.45) is -10.1. The number of aliphatic hydroxyl groups excluding tert-OH is 15. The van der Waals surface area contributed by atoms with E-state index in [0.717, 1.165) is 100 Å². The van der Waals surface area contributed by atoms with E-state index in [9.17, 15) is 110 Å². The lowest BCUT2D eigenvalue weighted by molar-refractivity contribution is -0.0968. The van der Waals surface area contributed by atoms with E-state index < -0.39 is 132 Å². The highest BCUT2D eigenvalue weighted by Gasteiger charge is 2.41. The van der Waals surface area contributed by atoms with Crippen molar-refractivity contribution in [3.63, 3.8) is 0 Å². The summed E-state index contributed by atoms with van der Waals surface area (Å²) in [4.78, 5) is 89.5. The lowest BCUT2D eigenvalue weighted by atomic mass is 9.78. The second kappa shape index (κ2) is 39.8. The number of aromatic nitrogens is 10. The topological polar surface area (TPSA) is 533 Å². The highest BCUT2D eigenvalue weighted by Crippen LogP contribution is 2.43. The molecular formula is C97H140N10O25. The van der Waals surface area contributed by atoms with E-state index in [2.05, 4.69) is 82.2 Å². The van der Waals surface area contributed by atoms with Gasteiger partial charge in [-0.25, -0.2) is 14.4 Å². The van der Waals surface area contributed by atoms with Gasteiger partial charge in [-0.05, 0) is 190 Å². The number of aliphatic hydroxyl groups is 18. The number of aryl methyl sites for hydroxylation is 6. The van der Waals surface area contributed by atoms with E-state index in [1.807, 2.05) is 78.9 Å². The Bertz CT molecular complexity index is 5930. The first-order valence-corrected chi connectivity index (χ1v) is 45.8. The summed E-state index contributed by atoms with van der Waals surface area (Å²) in [6.45, 7) is 31.6. The fourth-order valence-corrected chi connectivity index (χ4v) is 19.0. The first kappa shape index (κ1) is 104. The minimum atomic E-state index is -1.64. The molecule has 132 heavy (non-hydrogen) atoms. The van der Waals surface area contributed by atoms with Crippen LogP contribution < -0.4 is 39.3 Å². The maximum Gasteiger partial charge on any atom is 0.329 e. The van der Waals surface area contributed by atoms with Gasteiger partial charge in [0.1, 0.15) is 61.0 Å². The molecule has 0 bridgehead atoms. The molecule has 5 aliphatic heterocycles. The van der Waals surface area contributed by atoms with Gasteiger partial charge in [0, 0.05) is 39.3 Å². The Kier molecular flexibility index (Phi) is 31.2. The first-order valence-electron chi connectivity index (χ1n) is 45.8. The van der Waals surface area contributed by atoms with Gasteiger partial charge in [0.05, 0.1) is 130 Å². The minimum Gasteiger partial charge on any atom is -0.394 e. The van der Waals surface area contributed by atoms with Crippen LogP contribution in [0, 0.1) is 5.92 Å². The lowest BCUT2D eigenvalue weighted by Crippen LogP contribution is -2.49. The largest absolute Gasteiger partial charge is 0.394 e. The van der Waals surface area contributed by atoms with Gasteiger partial charge in [-0.1, -0.05) is 137 Å². The Hall–Kier alpha value is -8.93. The molecule has 0 saturated carbocycles. The van der Waals surface area contributed by atoms with Gasteiger partial charge < -0.3 is 106 Å². The van der Waals surface area contributed by atoms with Crippen LogP contribution in [0.5, 0.6) is 0 Å². The molecule has 10 aromatic rings. The molecule has 0 fully saturated rings. The molecule has 0 radical (unpaired) electrons. The Labute approximate surface area is 764 Å². The third-order valence-electron chi connectivity index (χ3n) is 28.5. The van der Waals surface area contributed by atoms with Crippen molar-refractivity contribution in [3.8, 4) is 0 Å². The van der Waals surface area contributed by atoms with Crippen molar-refractivity contribution in [2.75, 3.05) is 19.8 Å². The highest BCUT2D eigenvalue weighted by atomic mass is 16.4. The average Bonchev–Trinajstić information content (AvgIpc) is 1.72. The second-order valence-electron chi connectivity index (χ2n) is 41.6. The van der Waals surface area contributed by atoms with Crippen LogP contribution in [0.1, 0.15) is 203 Å². The number of hydrogen-bond donors (Lipinski definition) is 18. The zero-order valence-corrected chi connectivity index (χ0v) is 78.8. The van der Waals surface area contributed by atoms with Crippen LogP contribution in [-0.2, 0) is 92.5 Å². The summed E-state index contributed by atoms with van der Waals surface area (Å²) < 4.78 is 15.4. The van der Waals surface area contributed by atoms with Crippen molar-refractivity contribution < 1.29 is 91.9 Å². The third kappa shape index (κ3) is 20.9. The Morgan fingerprint density at radius 1 is 0.311 bits per heavy atom. The van der Waals surface area contributed by atoms with Crippen molar-refractivity contribution in [1.82, 2.24) is 45.7 Å². The third-order valence-corrected chi connectivity index (χ3v) is 28.5. The molecule has 5 aliphatic rings. The number of imidazole rings is 3. The fourth-order valence-electron chi connectivity index (χ4n) is 19.0. The zero-order valence-electron chi connectivity index (χ0n) is 78.8. The van der Waals surface area contributed by atoms with E-state index in [0.29, 0.717) is 73.3 Å². The van der Waals surface area contributed by atoms with E-state index in [1.165, 1.54) is 43.6 Å². The first-order chi connectivity index (χ1) is 61.4. The van der Waals surface area contributed by atoms with Gasteiger partial charge in [0.2, 0.25) is 0 Å². The Morgan fingerprint density at radius 3 is 0.856 bits per heavy atom. The van der Waals surface area contributed by atoms with Gasteiger partial charge in [0.25, 0.3) is 0 Å². The minimum absolute atomic E-state index is 0.00134. The van der Waals surface area contributed by atoms with Crippen molar-refractivity contribution in [1.29, 1.82) is 0 Å². The smallest absolute Gasteiger partial charge is 0.329 e. The zero-order chi connectivity index (χ0) is 97.9. The van der Waals surface area contributed by atoms with Gasteiger partial charge in [-0.3, -0.25) is 51.1 Å². The Morgan fingerprint density at radius 2 is 0.568 bits per heavy atom. The quantitative estimate of drug-likeness (QED) is 0.0299. The van der Waals surface area contributed by atoms with Crippen LogP contribution in [0.2, 0.25) is 0 Å². The summed E-state index contributed by atoms with van der Waals surface area (Å²) in [5, 5.41) is 176. The van der Waals surface area contributed by atoms with Crippen LogP contribution in [0.3, 0.4) is 0 Å². The van der Waals surface area contributed by atoms with Crippen LogP contribution in [-0.4, -0.2) is 247 Å². The molecule has 0 amide bonds. The predicted molar refractivity (Wildman–Crippen MR) is 501 cm³/mol. The van der Waals surface area contributed by atoms with Gasteiger partial charge in [0.15, 0.2) is 0 Å². The molecular weight excluding hydrogens is 1710 g/mol. The van der Waals surface area contributed by atoms with E-state index in [4.69, 9.17) is 15.3 Å². The number of hydrogen-bond acceptors (Lipinski definition) is 25. The van der Waals surface area contributed by atoms with Crippen LogP contribution in [0.25, 0.3) is 55.2 Å². The van der Waals surface area contributed by atoms with Gasteiger partial charge >= 0.3 is 39.3 Å². The van der Waals surface area contributed by atoms with Crippen LogP contribution in [0.4, 0.5) is 0 Å². The molecule has 18 N–H and O–H groups in total. The molecule has 10 heterocycles. The van der Waals surface area contributed by atoms with Crippen molar-refractivity contribution in [2.45, 2.75) is 358 Å². The molecule has 5 aromatic heterocycles. The molecule has 0 spiro atoms. The maximum atomic E-state index is 12.9. The fraction of sp³-hybridized carbons (Fsp3) is 0.619. The van der Waals surface area contributed by atoms with Crippen LogP contribution >= 0.6 is 0 Å². The number of nitrogens with zero attached hydrogens (tertiary/aromatic N) is 10. The summed E-state index contributed by atoms with van der Waals surface area (Å²) >= 11 is 0. The average molecular weight is 1850 g/mol. The van der Waals surface area contributed by atoms with Crippen molar-refractivity contribution >= 4 is 55.2 Å². The maximum absolute atomic E-state index is 12.9. The molecule has 728 valence electrons. The van der Waals surface area contributed by atoms with E-state index in [-0.39, 0.29) is 89.1 Å². The summed E-state index contributed by atoms with van der Waals surface area (Å²) in [7, 11) is 0. The van der Waals surface area contributed by atoms with E-state index in [1.54, 1.807) is 42.7 Å². The molecule has 35 nitrogen and oxygen atoms in total. The number of para-hydroxylation sites is 5. The number of benzene rings is 5. The molecule has 5 aromatic carbocycles. The highest BCUT2D eigenvalue weighted by molar-refractivity contribution is 5.85.